The molecule has 2 heterocycles. The van der Waals surface area contributed by atoms with E-state index in [1.165, 1.54) is 6.08 Å². The Hall–Kier alpha value is -2.92. The van der Waals surface area contributed by atoms with Gasteiger partial charge in [0.25, 0.3) is 0 Å². The first-order valence-electron chi connectivity index (χ1n) is 7.20. The lowest BCUT2D eigenvalue weighted by molar-refractivity contribution is 0.0538. The summed E-state index contributed by atoms with van der Waals surface area (Å²) < 4.78 is 5.11. The maximum atomic E-state index is 12.3. The molecule has 23 heavy (non-hydrogen) atoms. The van der Waals surface area contributed by atoms with Gasteiger partial charge in [-0.2, -0.15) is 0 Å². The summed E-state index contributed by atoms with van der Waals surface area (Å²) in [6, 6.07) is 12.7. The number of pyridine rings is 1. The van der Waals surface area contributed by atoms with Crippen molar-refractivity contribution in [2.75, 3.05) is 6.61 Å². The van der Waals surface area contributed by atoms with Crippen LogP contribution in [-0.4, -0.2) is 27.7 Å². The van der Waals surface area contributed by atoms with Gasteiger partial charge in [-0.15, -0.1) is 0 Å². The number of aromatic amines is 1. The fraction of sp³-hybridized carbons (Fsp3) is 0.111. The quantitative estimate of drug-likeness (QED) is 0.561. The number of nitrogens with zero attached hydrogens (tertiary/aromatic N) is 1. The van der Waals surface area contributed by atoms with Crippen molar-refractivity contribution in [3.8, 4) is 0 Å². The summed E-state index contributed by atoms with van der Waals surface area (Å²) in [5, 5.41) is 11.5. The Balaban J connectivity index is 2.13. The summed E-state index contributed by atoms with van der Waals surface area (Å²) in [5.74, 6) is -0.536. The minimum atomic E-state index is -1.03. The number of esters is 1. The molecule has 3 rings (SSSR count). The molecule has 2 aromatic heterocycles. The second kappa shape index (κ2) is 6.46. The Morgan fingerprint density at radius 3 is 2.83 bits per heavy atom. The molecule has 1 unspecified atom stereocenters. The highest BCUT2D eigenvalue weighted by atomic mass is 16.5. The number of carbonyl (C=O) groups is 1. The van der Waals surface area contributed by atoms with Crippen LogP contribution >= 0.6 is 0 Å². The topological polar surface area (TPSA) is 75.2 Å². The number of carbonyl (C=O) groups excluding carboxylic acids is 1. The first kappa shape index (κ1) is 15.0. The third-order valence-corrected chi connectivity index (χ3v) is 3.52. The molecule has 2 N–H and O–H groups in total. The maximum Gasteiger partial charge on any atom is 0.355 e. The highest BCUT2D eigenvalue weighted by molar-refractivity contribution is 5.98. The van der Waals surface area contributed by atoms with Crippen LogP contribution in [0.1, 0.15) is 27.8 Å². The number of hydrogen-bond donors (Lipinski definition) is 2. The van der Waals surface area contributed by atoms with Crippen molar-refractivity contribution in [1.29, 1.82) is 0 Å². The number of hydrogen-bond acceptors (Lipinski definition) is 4. The van der Waals surface area contributed by atoms with Gasteiger partial charge in [0.05, 0.1) is 5.69 Å². The normalized spacial score (nSPS) is 12.0. The highest BCUT2D eigenvalue weighted by Gasteiger charge is 2.25. The predicted octanol–water partition coefficient (Wildman–Crippen LogP) is 2.99. The molecule has 5 nitrogen and oxygen atoms in total. The van der Waals surface area contributed by atoms with Crippen molar-refractivity contribution in [1.82, 2.24) is 9.97 Å². The summed E-state index contributed by atoms with van der Waals surface area (Å²) in [6.45, 7) is 3.63. The van der Waals surface area contributed by atoms with Gasteiger partial charge in [-0.25, -0.2) is 4.79 Å². The number of para-hydroxylation sites is 1. The number of aliphatic hydroxyl groups is 1. The van der Waals surface area contributed by atoms with Crippen molar-refractivity contribution < 1.29 is 14.6 Å². The largest absolute Gasteiger partial charge is 0.457 e. The van der Waals surface area contributed by atoms with E-state index in [1.54, 1.807) is 24.4 Å². The molecule has 0 bridgehead atoms. The molecule has 3 aromatic rings. The van der Waals surface area contributed by atoms with Crippen LogP contribution in [0.2, 0.25) is 0 Å². The van der Waals surface area contributed by atoms with Gasteiger partial charge in [-0.3, -0.25) is 4.98 Å². The van der Waals surface area contributed by atoms with Crippen molar-refractivity contribution in [3.05, 3.63) is 78.3 Å². The van der Waals surface area contributed by atoms with Crippen LogP contribution in [0, 0.1) is 0 Å². The Morgan fingerprint density at radius 2 is 2.09 bits per heavy atom. The van der Waals surface area contributed by atoms with Crippen molar-refractivity contribution in [3.63, 3.8) is 0 Å². The standard InChI is InChI=1S/C18H16N2O3/c1-2-11-23-18(22)16-15(12-7-3-4-8-13(12)20-16)17(21)14-9-5-6-10-19-14/h2-10,17,20-21H,1,11H2. The molecule has 0 saturated carbocycles. The lowest BCUT2D eigenvalue weighted by Crippen LogP contribution is -2.12. The van der Waals surface area contributed by atoms with E-state index in [4.69, 9.17) is 4.74 Å². The summed E-state index contributed by atoms with van der Waals surface area (Å²) in [5.41, 5.74) is 1.91. The molecular weight excluding hydrogens is 292 g/mol. The number of H-pyrrole nitrogens is 1. The summed E-state index contributed by atoms with van der Waals surface area (Å²) in [4.78, 5) is 19.5. The van der Waals surface area contributed by atoms with Gasteiger partial charge < -0.3 is 14.8 Å². The lowest BCUT2D eigenvalue weighted by Gasteiger charge is -2.11. The zero-order valence-corrected chi connectivity index (χ0v) is 12.4. The average Bonchev–Trinajstić information content (AvgIpc) is 2.99. The third-order valence-electron chi connectivity index (χ3n) is 3.52. The van der Waals surface area contributed by atoms with E-state index in [-0.39, 0.29) is 12.3 Å². The SMILES string of the molecule is C=CCOC(=O)c1[nH]c2ccccc2c1C(O)c1ccccn1. The molecule has 1 aromatic carbocycles. The van der Waals surface area contributed by atoms with Crippen molar-refractivity contribution >= 4 is 16.9 Å². The number of benzene rings is 1. The third kappa shape index (κ3) is 2.86. The molecule has 0 aliphatic heterocycles. The van der Waals surface area contributed by atoms with Crippen LogP contribution in [0.3, 0.4) is 0 Å². The summed E-state index contributed by atoms with van der Waals surface area (Å²) >= 11 is 0. The van der Waals surface area contributed by atoms with Crippen molar-refractivity contribution in [2.45, 2.75) is 6.10 Å². The average molecular weight is 308 g/mol. The Morgan fingerprint density at radius 1 is 1.30 bits per heavy atom. The smallest absolute Gasteiger partial charge is 0.355 e. The van der Waals surface area contributed by atoms with Crippen LogP contribution in [-0.2, 0) is 4.74 Å². The molecule has 5 heteroatoms. The molecule has 0 saturated heterocycles. The zero-order chi connectivity index (χ0) is 16.2. The molecular formula is C18H16N2O3. The number of aliphatic hydroxyl groups excluding tert-OH is 1. The number of fused-ring (bicyclic) bond motifs is 1. The number of aromatic nitrogens is 2. The van der Waals surface area contributed by atoms with E-state index in [9.17, 15) is 9.90 Å². The van der Waals surface area contributed by atoms with Gasteiger partial charge in [0, 0.05) is 22.7 Å². The maximum absolute atomic E-state index is 12.3. The van der Waals surface area contributed by atoms with Gasteiger partial charge >= 0.3 is 5.97 Å². The number of ether oxygens (including phenoxy) is 1. The van der Waals surface area contributed by atoms with Crippen LogP contribution < -0.4 is 0 Å². The van der Waals surface area contributed by atoms with Crippen LogP contribution in [0.25, 0.3) is 10.9 Å². The van der Waals surface area contributed by atoms with Gasteiger partial charge in [-0.05, 0) is 18.2 Å². The van der Waals surface area contributed by atoms with E-state index in [1.807, 2.05) is 24.3 Å². The molecule has 0 amide bonds. The summed E-state index contributed by atoms with van der Waals surface area (Å²) in [7, 11) is 0. The van der Waals surface area contributed by atoms with E-state index < -0.39 is 12.1 Å². The fourth-order valence-electron chi connectivity index (χ4n) is 2.50. The first-order valence-corrected chi connectivity index (χ1v) is 7.20. The molecule has 1 atom stereocenters. The Kier molecular flexibility index (Phi) is 4.21. The monoisotopic (exact) mass is 308 g/mol. The Bertz CT molecular complexity index is 840. The number of nitrogens with one attached hydrogen (secondary N) is 1. The lowest BCUT2D eigenvalue weighted by atomic mass is 10.0. The summed E-state index contributed by atoms with van der Waals surface area (Å²) in [6.07, 6.45) is 2.07. The molecule has 0 aliphatic rings. The second-order valence-electron chi connectivity index (χ2n) is 5.00. The zero-order valence-electron chi connectivity index (χ0n) is 12.4. The van der Waals surface area contributed by atoms with E-state index in [0.717, 1.165) is 10.9 Å². The predicted molar refractivity (Wildman–Crippen MR) is 87.1 cm³/mol. The molecule has 0 aliphatic carbocycles. The molecule has 0 spiro atoms. The molecule has 0 radical (unpaired) electrons. The minimum Gasteiger partial charge on any atom is -0.457 e. The van der Waals surface area contributed by atoms with E-state index >= 15 is 0 Å². The van der Waals surface area contributed by atoms with Crippen LogP contribution in [0.4, 0.5) is 0 Å². The first-order chi connectivity index (χ1) is 11.2. The highest BCUT2D eigenvalue weighted by Crippen LogP contribution is 2.31. The van der Waals surface area contributed by atoms with Gasteiger partial charge in [0.2, 0.25) is 0 Å². The van der Waals surface area contributed by atoms with Gasteiger partial charge in [0.1, 0.15) is 18.4 Å². The van der Waals surface area contributed by atoms with E-state index in [0.29, 0.717) is 11.3 Å². The second-order valence-corrected chi connectivity index (χ2v) is 5.00. The van der Waals surface area contributed by atoms with Crippen molar-refractivity contribution in [2.24, 2.45) is 0 Å². The van der Waals surface area contributed by atoms with Crippen LogP contribution in [0.5, 0.6) is 0 Å². The van der Waals surface area contributed by atoms with Gasteiger partial charge in [-0.1, -0.05) is 36.9 Å². The number of rotatable bonds is 5. The minimum absolute atomic E-state index is 0.104. The van der Waals surface area contributed by atoms with Crippen LogP contribution in [0.15, 0.2) is 61.3 Å². The fourth-order valence-corrected chi connectivity index (χ4v) is 2.50. The molecule has 0 fully saturated rings. The Labute approximate surface area is 133 Å². The van der Waals surface area contributed by atoms with Gasteiger partial charge in [0.15, 0.2) is 0 Å². The van der Waals surface area contributed by atoms with E-state index in [2.05, 4.69) is 16.5 Å². The molecule has 116 valence electrons.